The number of anilines is 1. The smallest absolute Gasteiger partial charge is 0.313 e. The Balaban J connectivity index is 2.01. The van der Waals surface area contributed by atoms with Crippen LogP contribution in [-0.2, 0) is 9.59 Å². The van der Waals surface area contributed by atoms with Gasteiger partial charge in [0.05, 0.1) is 7.11 Å². The number of nitrogens with one attached hydrogen (secondary N) is 2. The number of ether oxygens (including phenoxy) is 1. The molecule has 1 aliphatic heterocycles. The summed E-state index contributed by atoms with van der Waals surface area (Å²) < 4.78 is 18.1. The molecule has 0 saturated carbocycles. The highest BCUT2D eigenvalue weighted by atomic mass is 19.1. The highest BCUT2D eigenvalue weighted by molar-refractivity contribution is 6.39. The van der Waals surface area contributed by atoms with Crippen LogP contribution in [0.5, 0.6) is 5.75 Å². The van der Waals surface area contributed by atoms with Crippen LogP contribution >= 0.6 is 0 Å². The van der Waals surface area contributed by atoms with E-state index in [9.17, 15) is 14.0 Å². The van der Waals surface area contributed by atoms with Crippen LogP contribution in [0.3, 0.4) is 0 Å². The van der Waals surface area contributed by atoms with Crippen molar-refractivity contribution in [3.63, 3.8) is 0 Å². The summed E-state index contributed by atoms with van der Waals surface area (Å²) in [4.78, 5) is 25.2. The zero-order valence-corrected chi connectivity index (χ0v) is 11.1. The van der Waals surface area contributed by atoms with Gasteiger partial charge in [0.15, 0.2) is 11.6 Å². The topological polar surface area (TPSA) is 70.7 Å². The van der Waals surface area contributed by atoms with Crippen LogP contribution < -0.4 is 15.4 Å². The van der Waals surface area contributed by atoms with E-state index in [1.165, 1.54) is 30.2 Å². The first kappa shape index (κ1) is 14.3. The van der Waals surface area contributed by atoms with Gasteiger partial charge in [-0.1, -0.05) is 0 Å². The summed E-state index contributed by atoms with van der Waals surface area (Å²) in [5.74, 6) is -1.84. The molecule has 6 nitrogen and oxygen atoms in total. The summed E-state index contributed by atoms with van der Waals surface area (Å²) in [6.45, 7) is 2.34. The Kier molecular flexibility index (Phi) is 4.52. The van der Waals surface area contributed by atoms with Crippen molar-refractivity contribution in [1.82, 2.24) is 10.2 Å². The monoisotopic (exact) mass is 281 g/mol. The second kappa shape index (κ2) is 6.33. The van der Waals surface area contributed by atoms with Crippen molar-refractivity contribution in [2.75, 3.05) is 38.6 Å². The lowest BCUT2D eigenvalue weighted by molar-refractivity contribution is -0.143. The van der Waals surface area contributed by atoms with Gasteiger partial charge in [0, 0.05) is 37.9 Å². The van der Waals surface area contributed by atoms with Crippen molar-refractivity contribution >= 4 is 17.5 Å². The molecule has 7 heteroatoms. The molecule has 1 aromatic carbocycles. The van der Waals surface area contributed by atoms with Gasteiger partial charge in [-0.3, -0.25) is 9.59 Å². The fraction of sp³-hybridized carbons (Fsp3) is 0.385. The zero-order valence-electron chi connectivity index (χ0n) is 11.1. The van der Waals surface area contributed by atoms with Crippen molar-refractivity contribution in [2.24, 2.45) is 0 Å². The standard InChI is InChI=1S/C13H16FN3O3/c1-20-11-8-9(2-3-10(11)14)16-12(18)13(19)17-6-4-15-5-7-17/h2-3,8,15H,4-7H2,1H3,(H,16,18). The third-order valence-corrected chi connectivity index (χ3v) is 3.01. The quantitative estimate of drug-likeness (QED) is 0.760. The van der Waals surface area contributed by atoms with E-state index in [0.717, 1.165) is 0 Å². The molecule has 0 bridgehead atoms. The molecular formula is C13H16FN3O3. The maximum atomic E-state index is 13.2. The molecule has 1 fully saturated rings. The van der Waals surface area contributed by atoms with E-state index in [0.29, 0.717) is 31.9 Å². The molecule has 1 aromatic rings. The third kappa shape index (κ3) is 3.24. The van der Waals surface area contributed by atoms with Gasteiger partial charge in [-0.15, -0.1) is 0 Å². The molecule has 0 aromatic heterocycles. The van der Waals surface area contributed by atoms with Gasteiger partial charge in [0.25, 0.3) is 0 Å². The Hall–Kier alpha value is -2.15. The molecule has 0 radical (unpaired) electrons. The minimum Gasteiger partial charge on any atom is -0.494 e. The molecule has 2 N–H and O–H groups in total. The minimum absolute atomic E-state index is 0.0115. The van der Waals surface area contributed by atoms with Crippen molar-refractivity contribution in [3.8, 4) is 5.75 Å². The second-order valence-corrected chi connectivity index (χ2v) is 4.35. The van der Waals surface area contributed by atoms with E-state index >= 15 is 0 Å². The summed E-state index contributed by atoms with van der Waals surface area (Å²) >= 11 is 0. The van der Waals surface area contributed by atoms with Crippen molar-refractivity contribution in [1.29, 1.82) is 0 Å². The van der Waals surface area contributed by atoms with Crippen LogP contribution in [0.25, 0.3) is 0 Å². The molecule has 20 heavy (non-hydrogen) atoms. The van der Waals surface area contributed by atoms with Crippen LogP contribution in [-0.4, -0.2) is 50.0 Å². The van der Waals surface area contributed by atoms with Crippen molar-refractivity contribution in [2.45, 2.75) is 0 Å². The van der Waals surface area contributed by atoms with Crippen LogP contribution in [0.15, 0.2) is 18.2 Å². The van der Waals surface area contributed by atoms with Gasteiger partial charge in [0.2, 0.25) is 0 Å². The number of methoxy groups -OCH3 is 1. The van der Waals surface area contributed by atoms with E-state index in [-0.39, 0.29) is 5.75 Å². The molecular weight excluding hydrogens is 265 g/mol. The Morgan fingerprint density at radius 1 is 1.35 bits per heavy atom. The molecule has 0 atom stereocenters. The van der Waals surface area contributed by atoms with Crippen molar-refractivity contribution in [3.05, 3.63) is 24.0 Å². The highest BCUT2D eigenvalue weighted by Gasteiger charge is 2.23. The molecule has 108 valence electrons. The number of piperazine rings is 1. The normalized spacial score (nSPS) is 14.8. The van der Waals surface area contributed by atoms with Crippen LogP contribution in [0.2, 0.25) is 0 Å². The Labute approximate surface area is 115 Å². The third-order valence-electron chi connectivity index (χ3n) is 3.01. The summed E-state index contributed by atoms with van der Waals surface area (Å²) in [5.41, 5.74) is 0.316. The summed E-state index contributed by atoms with van der Waals surface area (Å²) in [7, 11) is 1.33. The average Bonchev–Trinajstić information content (AvgIpc) is 2.49. The first-order valence-electron chi connectivity index (χ1n) is 6.26. The fourth-order valence-electron chi connectivity index (χ4n) is 1.93. The number of nitrogens with zero attached hydrogens (tertiary/aromatic N) is 1. The lowest BCUT2D eigenvalue weighted by Gasteiger charge is -2.26. The molecule has 2 rings (SSSR count). The number of carbonyl (C=O) groups excluding carboxylic acids is 2. The fourth-order valence-corrected chi connectivity index (χ4v) is 1.93. The van der Waals surface area contributed by atoms with Gasteiger partial charge in [-0.25, -0.2) is 4.39 Å². The van der Waals surface area contributed by atoms with Crippen LogP contribution in [0, 0.1) is 5.82 Å². The molecule has 1 heterocycles. The van der Waals surface area contributed by atoms with E-state index in [2.05, 4.69) is 10.6 Å². The molecule has 1 aliphatic rings. The largest absolute Gasteiger partial charge is 0.494 e. The van der Waals surface area contributed by atoms with E-state index in [1.54, 1.807) is 0 Å². The van der Waals surface area contributed by atoms with Crippen LogP contribution in [0.4, 0.5) is 10.1 Å². The van der Waals surface area contributed by atoms with E-state index in [1.807, 2.05) is 0 Å². The van der Waals surface area contributed by atoms with Crippen molar-refractivity contribution < 1.29 is 18.7 Å². The molecule has 0 unspecified atom stereocenters. The number of rotatable bonds is 2. The molecule has 0 spiro atoms. The number of hydrogen-bond acceptors (Lipinski definition) is 4. The van der Waals surface area contributed by atoms with Crippen LogP contribution in [0.1, 0.15) is 0 Å². The second-order valence-electron chi connectivity index (χ2n) is 4.35. The Bertz CT molecular complexity index is 516. The lowest BCUT2D eigenvalue weighted by Crippen LogP contribution is -2.49. The predicted octanol–water partition coefficient (Wildman–Crippen LogP) is 0.205. The van der Waals surface area contributed by atoms with Gasteiger partial charge >= 0.3 is 11.8 Å². The van der Waals surface area contributed by atoms with Gasteiger partial charge in [-0.2, -0.15) is 0 Å². The SMILES string of the molecule is COc1cc(NC(=O)C(=O)N2CCNCC2)ccc1F. The van der Waals surface area contributed by atoms with Gasteiger partial charge in [0.1, 0.15) is 0 Å². The van der Waals surface area contributed by atoms with Gasteiger partial charge < -0.3 is 20.3 Å². The van der Waals surface area contributed by atoms with E-state index in [4.69, 9.17) is 4.74 Å². The first-order chi connectivity index (χ1) is 9.61. The lowest BCUT2D eigenvalue weighted by atomic mass is 10.2. The maximum absolute atomic E-state index is 13.2. The number of hydrogen-bond donors (Lipinski definition) is 2. The first-order valence-corrected chi connectivity index (χ1v) is 6.26. The number of halogens is 1. The number of benzene rings is 1. The Morgan fingerprint density at radius 3 is 2.70 bits per heavy atom. The molecule has 0 aliphatic carbocycles. The van der Waals surface area contributed by atoms with Gasteiger partial charge in [-0.05, 0) is 12.1 Å². The summed E-state index contributed by atoms with van der Waals surface area (Å²) in [6, 6.07) is 3.88. The number of carbonyl (C=O) groups is 2. The average molecular weight is 281 g/mol. The molecule has 1 saturated heterocycles. The van der Waals surface area contributed by atoms with E-state index < -0.39 is 17.6 Å². The summed E-state index contributed by atoms with van der Waals surface area (Å²) in [6.07, 6.45) is 0. The predicted molar refractivity (Wildman–Crippen MR) is 71.0 cm³/mol. The highest BCUT2D eigenvalue weighted by Crippen LogP contribution is 2.21. The minimum atomic E-state index is -0.736. The molecule has 2 amide bonds. The Morgan fingerprint density at radius 2 is 2.05 bits per heavy atom. The maximum Gasteiger partial charge on any atom is 0.313 e. The zero-order chi connectivity index (χ0) is 14.5. The number of amides is 2. The summed E-state index contributed by atoms with van der Waals surface area (Å²) in [5, 5.41) is 5.54.